The highest BCUT2D eigenvalue weighted by atomic mass is 16.6. The number of nitro groups is 1. The van der Waals surface area contributed by atoms with Gasteiger partial charge in [-0.25, -0.2) is 14.4 Å². The van der Waals surface area contributed by atoms with Crippen molar-refractivity contribution in [2.75, 3.05) is 21.3 Å². The summed E-state index contributed by atoms with van der Waals surface area (Å²) in [5, 5.41) is 11.1. The number of nitro benzene ring substituents is 1. The van der Waals surface area contributed by atoms with Crippen LogP contribution in [0.4, 0.5) is 5.69 Å². The molecule has 0 bridgehead atoms. The summed E-state index contributed by atoms with van der Waals surface area (Å²) in [6.07, 6.45) is 0. The molecule has 0 atom stereocenters. The van der Waals surface area contributed by atoms with Crippen molar-refractivity contribution in [2.45, 2.75) is 0 Å². The van der Waals surface area contributed by atoms with E-state index in [1.165, 1.54) is 28.8 Å². The van der Waals surface area contributed by atoms with Crippen LogP contribution in [0.25, 0.3) is 16.9 Å². The van der Waals surface area contributed by atoms with Crippen molar-refractivity contribution < 1.29 is 33.5 Å². The lowest BCUT2D eigenvalue weighted by atomic mass is 10.0. The van der Waals surface area contributed by atoms with Gasteiger partial charge in [0, 0.05) is 17.8 Å². The highest BCUT2D eigenvalue weighted by molar-refractivity contribution is 6.14. The van der Waals surface area contributed by atoms with Crippen LogP contribution >= 0.6 is 0 Å². The number of carbonyl (C=O) groups excluding carboxylic acids is 3. The van der Waals surface area contributed by atoms with Crippen LogP contribution in [0.3, 0.4) is 0 Å². The van der Waals surface area contributed by atoms with Crippen LogP contribution in [0.2, 0.25) is 0 Å². The molecule has 1 aromatic heterocycles. The normalized spacial score (nSPS) is 10.3. The fourth-order valence-electron chi connectivity index (χ4n) is 3.31. The van der Waals surface area contributed by atoms with Gasteiger partial charge in [0.2, 0.25) is 0 Å². The third kappa shape index (κ3) is 3.81. The Morgan fingerprint density at radius 3 is 1.81 bits per heavy atom. The summed E-state index contributed by atoms with van der Waals surface area (Å²) in [4.78, 5) is 48.9. The van der Waals surface area contributed by atoms with Gasteiger partial charge in [-0.05, 0) is 17.7 Å². The molecular weight excluding hydrogens is 420 g/mol. The monoisotopic (exact) mass is 438 g/mol. The number of ether oxygens (including phenoxy) is 3. The van der Waals surface area contributed by atoms with Crippen molar-refractivity contribution in [3.8, 4) is 16.9 Å². The van der Waals surface area contributed by atoms with E-state index in [0.717, 1.165) is 21.3 Å². The van der Waals surface area contributed by atoms with Gasteiger partial charge in [0.1, 0.15) is 16.8 Å². The van der Waals surface area contributed by atoms with Crippen molar-refractivity contribution in [2.24, 2.45) is 0 Å². The van der Waals surface area contributed by atoms with Crippen molar-refractivity contribution in [1.29, 1.82) is 0 Å². The second-order valence-corrected chi connectivity index (χ2v) is 6.40. The number of benzene rings is 2. The average molecular weight is 438 g/mol. The molecular formula is C22H18N2O8. The molecule has 0 radical (unpaired) electrons. The van der Waals surface area contributed by atoms with E-state index in [0.29, 0.717) is 5.56 Å². The standard InChI is InChI=1S/C22H18N2O8/c1-30-20(25)16-17(21(26)31-2)19(22(27)32-3)23(18(16)13-7-5-4-6-8-13)14-9-11-15(12-10-14)24(28)29/h4-12H,1-3H3. The highest BCUT2D eigenvalue weighted by Gasteiger charge is 2.37. The summed E-state index contributed by atoms with van der Waals surface area (Å²) >= 11 is 0. The van der Waals surface area contributed by atoms with E-state index >= 15 is 0 Å². The largest absolute Gasteiger partial charge is 0.465 e. The smallest absolute Gasteiger partial charge is 0.355 e. The Morgan fingerprint density at radius 1 is 0.781 bits per heavy atom. The Morgan fingerprint density at radius 2 is 1.31 bits per heavy atom. The maximum atomic E-state index is 12.8. The lowest BCUT2D eigenvalue weighted by Gasteiger charge is -2.13. The first-order valence-electron chi connectivity index (χ1n) is 9.19. The van der Waals surface area contributed by atoms with Gasteiger partial charge in [0.15, 0.2) is 0 Å². The summed E-state index contributed by atoms with van der Waals surface area (Å²) in [6, 6.07) is 13.8. The number of rotatable bonds is 6. The number of esters is 3. The second kappa shape index (κ2) is 9.13. The number of carbonyl (C=O) groups is 3. The Balaban J connectivity index is 2.53. The van der Waals surface area contributed by atoms with Crippen LogP contribution in [0.5, 0.6) is 0 Å². The molecule has 32 heavy (non-hydrogen) atoms. The Bertz CT molecular complexity index is 1200. The zero-order valence-corrected chi connectivity index (χ0v) is 17.4. The minimum atomic E-state index is -0.955. The van der Waals surface area contributed by atoms with Gasteiger partial charge in [-0.3, -0.25) is 10.1 Å². The molecule has 3 aromatic rings. The average Bonchev–Trinajstić information content (AvgIpc) is 3.19. The minimum absolute atomic E-state index is 0.159. The number of non-ortho nitro benzene ring substituents is 1. The Hall–Kier alpha value is -4.47. The summed E-state index contributed by atoms with van der Waals surface area (Å²) in [6.45, 7) is 0. The second-order valence-electron chi connectivity index (χ2n) is 6.40. The summed E-state index contributed by atoms with van der Waals surface area (Å²) in [5.41, 5.74) is -0.0999. The zero-order chi connectivity index (χ0) is 23.4. The van der Waals surface area contributed by atoms with Gasteiger partial charge in [0.25, 0.3) is 5.69 Å². The van der Waals surface area contributed by atoms with Crippen LogP contribution in [0.1, 0.15) is 31.2 Å². The molecule has 10 heteroatoms. The number of nitrogens with zero attached hydrogens (tertiary/aromatic N) is 2. The predicted molar refractivity (Wildman–Crippen MR) is 112 cm³/mol. The molecule has 3 rings (SSSR count). The molecule has 0 aliphatic heterocycles. The number of aromatic nitrogens is 1. The molecule has 0 spiro atoms. The fraction of sp³-hybridized carbons (Fsp3) is 0.136. The van der Waals surface area contributed by atoms with Crippen LogP contribution in [0, 0.1) is 10.1 Å². The van der Waals surface area contributed by atoms with E-state index in [2.05, 4.69) is 0 Å². The summed E-state index contributed by atoms with van der Waals surface area (Å²) < 4.78 is 15.9. The van der Waals surface area contributed by atoms with Gasteiger partial charge >= 0.3 is 17.9 Å². The Labute approximate surface area is 182 Å². The molecule has 2 aromatic carbocycles. The van der Waals surface area contributed by atoms with Crippen LogP contribution in [-0.2, 0) is 14.2 Å². The first kappa shape index (κ1) is 22.2. The predicted octanol–water partition coefficient (Wildman–Crippen LogP) is 3.41. The zero-order valence-electron chi connectivity index (χ0n) is 17.4. The molecule has 10 nitrogen and oxygen atoms in total. The topological polar surface area (TPSA) is 127 Å². The molecule has 0 N–H and O–H groups in total. The lowest BCUT2D eigenvalue weighted by molar-refractivity contribution is -0.384. The van der Waals surface area contributed by atoms with Crippen molar-refractivity contribution in [3.05, 3.63) is 81.5 Å². The van der Waals surface area contributed by atoms with E-state index in [-0.39, 0.29) is 33.9 Å². The third-order valence-electron chi connectivity index (χ3n) is 4.69. The maximum Gasteiger partial charge on any atom is 0.355 e. The van der Waals surface area contributed by atoms with Gasteiger partial charge in [0.05, 0.1) is 31.9 Å². The SMILES string of the molecule is COC(=O)c1c(C(=O)OC)c(-c2ccccc2)n(-c2ccc([N+](=O)[O-])cc2)c1C(=O)OC. The van der Waals surface area contributed by atoms with E-state index in [1.54, 1.807) is 30.3 Å². The Kier molecular flexibility index (Phi) is 6.34. The summed E-state index contributed by atoms with van der Waals surface area (Å²) in [7, 11) is 3.37. The van der Waals surface area contributed by atoms with Gasteiger partial charge in [-0.15, -0.1) is 0 Å². The third-order valence-corrected chi connectivity index (χ3v) is 4.69. The maximum absolute atomic E-state index is 12.8. The first-order valence-corrected chi connectivity index (χ1v) is 9.19. The van der Waals surface area contributed by atoms with E-state index in [1.807, 2.05) is 0 Å². The summed E-state index contributed by atoms with van der Waals surface area (Å²) in [5.74, 6) is -2.75. The first-order chi connectivity index (χ1) is 15.3. The number of methoxy groups -OCH3 is 3. The minimum Gasteiger partial charge on any atom is -0.465 e. The van der Waals surface area contributed by atoms with Gasteiger partial charge in [-0.1, -0.05) is 30.3 Å². The molecule has 0 aliphatic rings. The fourth-order valence-corrected chi connectivity index (χ4v) is 3.31. The molecule has 0 fully saturated rings. The van der Waals surface area contributed by atoms with Crippen LogP contribution in [-0.4, -0.2) is 48.7 Å². The molecule has 0 unspecified atom stereocenters. The van der Waals surface area contributed by atoms with Crippen molar-refractivity contribution >= 4 is 23.6 Å². The lowest BCUT2D eigenvalue weighted by Crippen LogP contribution is -2.16. The van der Waals surface area contributed by atoms with Crippen LogP contribution < -0.4 is 0 Å². The van der Waals surface area contributed by atoms with Crippen molar-refractivity contribution in [3.63, 3.8) is 0 Å². The molecule has 0 saturated heterocycles. The molecule has 1 heterocycles. The van der Waals surface area contributed by atoms with Gasteiger partial charge in [-0.2, -0.15) is 0 Å². The van der Waals surface area contributed by atoms with Crippen molar-refractivity contribution in [1.82, 2.24) is 4.57 Å². The molecule has 0 amide bonds. The van der Waals surface area contributed by atoms with E-state index in [9.17, 15) is 24.5 Å². The molecule has 0 saturated carbocycles. The number of hydrogen-bond donors (Lipinski definition) is 0. The van der Waals surface area contributed by atoms with E-state index in [4.69, 9.17) is 14.2 Å². The van der Waals surface area contributed by atoms with Crippen LogP contribution in [0.15, 0.2) is 54.6 Å². The molecule has 0 aliphatic carbocycles. The number of hydrogen-bond acceptors (Lipinski definition) is 8. The quantitative estimate of drug-likeness (QED) is 0.248. The highest BCUT2D eigenvalue weighted by Crippen LogP contribution is 2.36. The van der Waals surface area contributed by atoms with E-state index < -0.39 is 22.8 Å². The molecule has 164 valence electrons. The van der Waals surface area contributed by atoms with Gasteiger partial charge < -0.3 is 18.8 Å².